The van der Waals surface area contributed by atoms with Crippen molar-refractivity contribution in [3.05, 3.63) is 35.6 Å². The summed E-state index contributed by atoms with van der Waals surface area (Å²) in [5.74, 6) is 0.00760. The van der Waals surface area contributed by atoms with Crippen LogP contribution >= 0.6 is 0 Å². The summed E-state index contributed by atoms with van der Waals surface area (Å²) in [6.45, 7) is 10.1. The van der Waals surface area contributed by atoms with Crippen LogP contribution in [0.4, 0.5) is 4.39 Å². The van der Waals surface area contributed by atoms with Crippen LogP contribution in [0, 0.1) is 11.2 Å². The van der Waals surface area contributed by atoms with E-state index in [-0.39, 0.29) is 29.0 Å². The highest BCUT2D eigenvalue weighted by Crippen LogP contribution is 2.22. The molecular formula is C19H27FN2O2. The van der Waals surface area contributed by atoms with E-state index in [0.717, 1.165) is 5.56 Å². The van der Waals surface area contributed by atoms with E-state index in [1.807, 2.05) is 37.5 Å². The number of nitrogens with zero attached hydrogens (tertiary/aromatic N) is 2. The topological polar surface area (TPSA) is 40.6 Å². The molecule has 1 aromatic carbocycles. The van der Waals surface area contributed by atoms with Gasteiger partial charge in [0.2, 0.25) is 11.8 Å². The fourth-order valence-electron chi connectivity index (χ4n) is 2.93. The van der Waals surface area contributed by atoms with Crippen LogP contribution < -0.4 is 0 Å². The molecule has 0 radical (unpaired) electrons. The molecule has 0 bridgehead atoms. The zero-order valence-electron chi connectivity index (χ0n) is 15.0. The average molecular weight is 334 g/mol. The van der Waals surface area contributed by atoms with Gasteiger partial charge in [0.15, 0.2) is 0 Å². The van der Waals surface area contributed by atoms with Crippen LogP contribution in [0.1, 0.15) is 45.6 Å². The molecule has 132 valence electrons. The van der Waals surface area contributed by atoms with Gasteiger partial charge in [-0.2, -0.15) is 0 Å². The molecule has 1 aliphatic rings. The Bertz CT molecular complexity index is 584. The number of piperazine rings is 1. The molecule has 5 heteroatoms. The minimum atomic E-state index is -0.386. The molecule has 24 heavy (non-hydrogen) atoms. The van der Waals surface area contributed by atoms with Gasteiger partial charge in [-0.3, -0.25) is 9.59 Å². The van der Waals surface area contributed by atoms with Crippen molar-refractivity contribution in [3.63, 3.8) is 0 Å². The Morgan fingerprint density at radius 2 is 1.54 bits per heavy atom. The molecule has 1 aliphatic heterocycles. The number of benzene rings is 1. The number of rotatable bonds is 3. The van der Waals surface area contributed by atoms with Gasteiger partial charge < -0.3 is 9.80 Å². The first-order valence-electron chi connectivity index (χ1n) is 8.51. The van der Waals surface area contributed by atoms with E-state index < -0.39 is 0 Å². The van der Waals surface area contributed by atoms with Crippen molar-refractivity contribution in [1.82, 2.24) is 9.80 Å². The van der Waals surface area contributed by atoms with E-state index in [4.69, 9.17) is 0 Å². The third kappa shape index (κ3) is 4.56. The van der Waals surface area contributed by atoms with Crippen LogP contribution in [0.5, 0.6) is 0 Å². The van der Waals surface area contributed by atoms with Gasteiger partial charge >= 0.3 is 0 Å². The lowest BCUT2D eigenvalue weighted by atomic mass is 9.94. The van der Waals surface area contributed by atoms with Crippen LogP contribution in [0.3, 0.4) is 0 Å². The van der Waals surface area contributed by atoms with E-state index in [0.29, 0.717) is 32.6 Å². The van der Waals surface area contributed by atoms with Crippen LogP contribution in [-0.2, 0) is 9.59 Å². The molecule has 0 saturated carbocycles. The highest BCUT2D eigenvalue weighted by molar-refractivity contribution is 5.82. The van der Waals surface area contributed by atoms with Gasteiger partial charge in [0.1, 0.15) is 5.82 Å². The lowest BCUT2D eigenvalue weighted by Gasteiger charge is -2.38. The maximum absolute atomic E-state index is 13.0. The SMILES string of the molecule is CC(CC(=O)N1CCN(C(=O)C(C)(C)C)CC1)c1ccc(F)cc1. The second-order valence-electron chi connectivity index (χ2n) is 7.58. The Kier molecular flexibility index (Phi) is 5.62. The number of carbonyl (C=O) groups is 2. The predicted octanol–water partition coefficient (Wildman–Crippen LogP) is 3.04. The zero-order chi connectivity index (χ0) is 17.9. The van der Waals surface area contributed by atoms with Crippen LogP contribution in [0.25, 0.3) is 0 Å². The largest absolute Gasteiger partial charge is 0.339 e. The Morgan fingerprint density at radius 3 is 2.04 bits per heavy atom. The first kappa shape index (κ1) is 18.4. The lowest BCUT2D eigenvalue weighted by Crippen LogP contribution is -2.53. The molecule has 4 nitrogen and oxygen atoms in total. The Hall–Kier alpha value is -1.91. The van der Waals surface area contributed by atoms with Gasteiger partial charge in [-0.15, -0.1) is 0 Å². The minimum absolute atomic E-state index is 0.0485. The van der Waals surface area contributed by atoms with Crippen LogP contribution in [-0.4, -0.2) is 47.8 Å². The van der Waals surface area contributed by atoms with Crippen molar-refractivity contribution in [2.75, 3.05) is 26.2 Å². The molecule has 2 amide bonds. The maximum atomic E-state index is 13.0. The lowest BCUT2D eigenvalue weighted by molar-refractivity contribution is -0.145. The highest BCUT2D eigenvalue weighted by Gasteiger charge is 2.31. The number of carbonyl (C=O) groups excluding carboxylic acids is 2. The Morgan fingerprint density at radius 1 is 1.04 bits per heavy atom. The fourth-order valence-corrected chi connectivity index (χ4v) is 2.93. The standard InChI is InChI=1S/C19H27FN2O2/c1-14(15-5-7-16(20)8-6-15)13-17(23)21-9-11-22(12-10-21)18(24)19(2,3)4/h5-8,14H,9-13H2,1-4H3. The first-order chi connectivity index (χ1) is 11.2. The molecule has 0 aliphatic carbocycles. The van der Waals surface area contributed by atoms with Gasteiger partial charge in [-0.05, 0) is 23.6 Å². The molecule has 0 aromatic heterocycles. The van der Waals surface area contributed by atoms with E-state index in [1.165, 1.54) is 12.1 Å². The van der Waals surface area contributed by atoms with Crippen molar-refractivity contribution in [2.24, 2.45) is 5.41 Å². The maximum Gasteiger partial charge on any atom is 0.228 e. The molecule has 1 aromatic rings. The van der Waals surface area contributed by atoms with E-state index in [2.05, 4.69) is 0 Å². The van der Waals surface area contributed by atoms with Gasteiger partial charge in [-0.25, -0.2) is 4.39 Å². The van der Waals surface area contributed by atoms with Crippen LogP contribution in [0.15, 0.2) is 24.3 Å². The Labute approximate surface area is 143 Å². The van der Waals surface area contributed by atoms with E-state index in [1.54, 1.807) is 12.1 Å². The van der Waals surface area contributed by atoms with Gasteiger partial charge in [0.25, 0.3) is 0 Å². The normalized spacial score (nSPS) is 16.9. The van der Waals surface area contributed by atoms with Crippen molar-refractivity contribution in [3.8, 4) is 0 Å². The summed E-state index contributed by atoms with van der Waals surface area (Å²) < 4.78 is 13.0. The molecule has 0 N–H and O–H groups in total. The minimum Gasteiger partial charge on any atom is -0.339 e. The molecular weight excluding hydrogens is 307 g/mol. The monoisotopic (exact) mass is 334 g/mol. The molecule has 1 atom stereocenters. The van der Waals surface area contributed by atoms with E-state index in [9.17, 15) is 14.0 Å². The summed E-state index contributed by atoms with van der Waals surface area (Å²) in [6.07, 6.45) is 0.402. The summed E-state index contributed by atoms with van der Waals surface area (Å²) in [4.78, 5) is 28.4. The van der Waals surface area contributed by atoms with Crippen molar-refractivity contribution in [1.29, 1.82) is 0 Å². The predicted molar refractivity (Wildman–Crippen MR) is 92.0 cm³/mol. The van der Waals surface area contributed by atoms with Gasteiger partial charge in [0, 0.05) is 38.0 Å². The third-order valence-corrected chi connectivity index (χ3v) is 4.48. The second kappa shape index (κ2) is 7.32. The number of hydrogen-bond donors (Lipinski definition) is 0. The second-order valence-corrected chi connectivity index (χ2v) is 7.58. The molecule has 1 fully saturated rings. The number of hydrogen-bond acceptors (Lipinski definition) is 2. The van der Waals surface area contributed by atoms with Crippen molar-refractivity contribution in [2.45, 2.75) is 40.0 Å². The fraction of sp³-hybridized carbons (Fsp3) is 0.579. The number of halogens is 1. The smallest absolute Gasteiger partial charge is 0.228 e. The quantitative estimate of drug-likeness (QED) is 0.852. The third-order valence-electron chi connectivity index (χ3n) is 4.48. The van der Waals surface area contributed by atoms with Crippen LogP contribution in [0.2, 0.25) is 0 Å². The number of amides is 2. The van der Waals surface area contributed by atoms with E-state index >= 15 is 0 Å². The molecule has 0 spiro atoms. The van der Waals surface area contributed by atoms with Crippen molar-refractivity contribution < 1.29 is 14.0 Å². The summed E-state index contributed by atoms with van der Waals surface area (Å²) in [6, 6.07) is 6.31. The Balaban J connectivity index is 1.86. The summed E-state index contributed by atoms with van der Waals surface area (Å²) in [7, 11) is 0. The molecule has 1 unspecified atom stereocenters. The van der Waals surface area contributed by atoms with Gasteiger partial charge in [-0.1, -0.05) is 39.8 Å². The molecule has 1 saturated heterocycles. The molecule has 1 heterocycles. The first-order valence-corrected chi connectivity index (χ1v) is 8.51. The summed E-state index contributed by atoms with van der Waals surface area (Å²) >= 11 is 0. The summed E-state index contributed by atoms with van der Waals surface area (Å²) in [5, 5.41) is 0. The van der Waals surface area contributed by atoms with Crippen molar-refractivity contribution >= 4 is 11.8 Å². The highest BCUT2D eigenvalue weighted by atomic mass is 19.1. The molecule has 2 rings (SSSR count). The van der Waals surface area contributed by atoms with Gasteiger partial charge in [0.05, 0.1) is 0 Å². The average Bonchev–Trinajstić information content (AvgIpc) is 2.54. The summed E-state index contributed by atoms with van der Waals surface area (Å²) in [5.41, 5.74) is 0.579. The zero-order valence-corrected chi connectivity index (χ0v) is 15.0.